The van der Waals surface area contributed by atoms with E-state index in [0.29, 0.717) is 11.1 Å². The predicted molar refractivity (Wildman–Crippen MR) is 116 cm³/mol. The molecular weight excluding hydrogens is 386 g/mol. The second-order valence-electron chi connectivity index (χ2n) is 7.64. The van der Waals surface area contributed by atoms with Crippen LogP contribution in [0.4, 0.5) is 0 Å². The van der Waals surface area contributed by atoms with E-state index < -0.39 is 17.3 Å². The van der Waals surface area contributed by atoms with E-state index >= 15 is 0 Å². The lowest BCUT2D eigenvalue weighted by Gasteiger charge is -2.23. The SMILES string of the molecule is CC(C)c1ccc(-n2ccnc2SC(C)(C)C(=O)NCC(=O)O)c2ccccc12. The Morgan fingerprint density at radius 3 is 2.52 bits per heavy atom. The molecular formula is C22H25N3O3S. The van der Waals surface area contributed by atoms with Gasteiger partial charge in [0.25, 0.3) is 0 Å². The zero-order valence-corrected chi connectivity index (χ0v) is 17.8. The lowest BCUT2D eigenvalue weighted by Crippen LogP contribution is -2.42. The van der Waals surface area contributed by atoms with Crippen LogP contribution < -0.4 is 5.32 Å². The monoisotopic (exact) mass is 411 g/mol. The number of fused-ring (bicyclic) bond motifs is 1. The number of nitrogens with one attached hydrogen (secondary N) is 1. The van der Waals surface area contributed by atoms with Crippen LogP contribution in [-0.4, -0.2) is 37.8 Å². The number of rotatable bonds is 7. The number of benzene rings is 2. The van der Waals surface area contributed by atoms with Gasteiger partial charge < -0.3 is 10.4 Å². The molecule has 0 aliphatic heterocycles. The van der Waals surface area contributed by atoms with Gasteiger partial charge in [0.15, 0.2) is 5.16 Å². The van der Waals surface area contributed by atoms with Crippen molar-refractivity contribution in [3.63, 3.8) is 0 Å². The Bertz CT molecular complexity index is 1060. The van der Waals surface area contributed by atoms with Crippen LogP contribution in [0.25, 0.3) is 16.5 Å². The molecule has 0 fully saturated rings. The van der Waals surface area contributed by atoms with Crippen LogP contribution in [0.15, 0.2) is 53.9 Å². The van der Waals surface area contributed by atoms with Gasteiger partial charge >= 0.3 is 5.97 Å². The van der Waals surface area contributed by atoms with Crippen LogP contribution in [0.2, 0.25) is 0 Å². The number of hydrogen-bond acceptors (Lipinski definition) is 4. The van der Waals surface area contributed by atoms with E-state index in [4.69, 9.17) is 5.11 Å². The maximum absolute atomic E-state index is 12.4. The minimum atomic E-state index is -1.07. The van der Waals surface area contributed by atoms with Crippen molar-refractivity contribution in [2.45, 2.75) is 43.5 Å². The first-order valence-corrected chi connectivity index (χ1v) is 10.3. The first-order valence-electron chi connectivity index (χ1n) is 9.45. The molecule has 0 spiro atoms. The number of thioether (sulfide) groups is 1. The van der Waals surface area contributed by atoms with E-state index in [1.165, 1.54) is 22.7 Å². The Balaban J connectivity index is 1.98. The highest BCUT2D eigenvalue weighted by atomic mass is 32.2. The van der Waals surface area contributed by atoms with E-state index in [2.05, 4.69) is 48.4 Å². The molecule has 1 aromatic heterocycles. The van der Waals surface area contributed by atoms with Crippen molar-refractivity contribution in [2.75, 3.05) is 6.54 Å². The van der Waals surface area contributed by atoms with Gasteiger partial charge in [0, 0.05) is 17.8 Å². The molecule has 0 atom stereocenters. The molecule has 0 unspecified atom stereocenters. The topological polar surface area (TPSA) is 84.2 Å². The van der Waals surface area contributed by atoms with Crippen molar-refractivity contribution >= 4 is 34.4 Å². The maximum Gasteiger partial charge on any atom is 0.322 e. The van der Waals surface area contributed by atoms with Crippen LogP contribution >= 0.6 is 11.8 Å². The van der Waals surface area contributed by atoms with E-state index in [9.17, 15) is 9.59 Å². The van der Waals surface area contributed by atoms with Crippen LogP contribution in [0.3, 0.4) is 0 Å². The highest BCUT2D eigenvalue weighted by Crippen LogP contribution is 2.36. The molecule has 0 saturated carbocycles. The van der Waals surface area contributed by atoms with Crippen molar-refractivity contribution in [3.05, 3.63) is 54.4 Å². The third-order valence-corrected chi connectivity index (χ3v) is 5.90. The molecule has 1 heterocycles. The van der Waals surface area contributed by atoms with E-state index in [1.807, 2.05) is 22.9 Å². The third kappa shape index (κ3) is 4.45. The number of carboxylic acid groups (broad SMARTS) is 1. The highest BCUT2D eigenvalue weighted by molar-refractivity contribution is 8.01. The second-order valence-corrected chi connectivity index (χ2v) is 9.23. The number of aromatic nitrogens is 2. The molecule has 1 amide bonds. The summed E-state index contributed by atoms with van der Waals surface area (Å²) in [6, 6.07) is 12.5. The highest BCUT2D eigenvalue weighted by Gasteiger charge is 2.31. The molecule has 0 radical (unpaired) electrons. The molecule has 29 heavy (non-hydrogen) atoms. The quantitative estimate of drug-likeness (QED) is 0.569. The fraction of sp³-hybridized carbons (Fsp3) is 0.318. The minimum Gasteiger partial charge on any atom is -0.480 e. The molecule has 7 heteroatoms. The summed E-state index contributed by atoms with van der Waals surface area (Å²) in [6.07, 6.45) is 3.59. The van der Waals surface area contributed by atoms with Crippen LogP contribution in [0.1, 0.15) is 39.2 Å². The molecule has 0 bridgehead atoms. The van der Waals surface area contributed by atoms with E-state index in [1.54, 1.807) is 20.0 Å². The fourth-order valence-electron chi connectivity index (χ4n) is 3.21. The number of carboxylic acids is 1. The van der Waals surface area contributed by atoms with Gasteiger partial charge in [-0.3, -0.25) is 14.2 Å². The predicted octanol–water partition coefficient (Wildman–Crippen LogP) is 4.22. The fourth-order valence-corrected chi connectivity index (χ4v) is 4.20. The van der Waals surface area contributed by atoms with Crippen molar-refractivity contribution in [3.8, 4) is 5.69 Å². The van der Waals surface area contributed by atoms with Crippen molar-refractivity contribution in [1.82, 2.24) is 14.9 Å². The Hall–Kier alpha value is -2.80. The van der Waals surface area contributed by atoms with Gasteiger partial charge in [-0.15, -0.1) is 0 Å². The Morgan fingerprint density at radius 1 is 1.17 bits per heavy atom. The Labute approximate surface area is 174 Å². The molecule has 2 N–H and O–H groups in total. The summed E-state index contributed by atoms with van der Waals surface area (Å²) in [7, 11) is 0. The van der Waals surface area contributed by atoms with Crippen molar-refractivity contribution in [2.24, 2.45) is 0 Å². The van der Waals surface area contributed by atoms with Crippen LogP contribution in [0.5, 0.6) is 0 Å². The average Bonchev–Trinajstić information content (AvgIpc) is 3.11. The van der Waals surface area contributed by atoms with E-state index in [0.717, 1.165) is 11.1 Å². The van der Waals surface area contributed by atoms with Gasteiger partial charge in [0.05, 0.1) is 10.4 Å². The molecule has 0 aliphatic rings. The van der Waals surface area contributed by atoms with Gasteiger partial charge in [-0.05, 0) is 36.8 Å². The van der Waals surface area contributed by atoms with Gasteiger partial charge in [0.2, 0.25) is 5.91 Å². The number of carbonyl (C=O) groups is 2. The molecule has 2 aromatic carbocycles. The normalized spacial score (nSPS) is 11.8. The second kappa shape index (κ2) is 8.29. The molecule has 3 rings (SSSR count). The first kappa shape index (κ1) is 20.9. The summed E-state index contributed by atoms with van der Waals surface area (Å²) < 4.78 is 1.09. The van der Waals surface area contributed by atoms with Crippen LogP contribution in [0, 0.1) is 0 Å². The summed E-state index contributed by atoms with van der Waals surface area (Å²) >= 11 is 1.30. The van der Waals surface area contributed by atoms with Crippen molar-refractivity contribution < 1.29 is 14.7 Å². The average molecular weight is 412 g/mol. The largest absolute Gasteiger partial charge is 0.480 e. The number of aliphatic carboxylic acids is 1. The number of hydrogen-bond donors (Lipinski definition) is 2. The standard InChI is InChI=1S/C22H25N3O3S/c1-14(2)15-9-10-18(17-8-6-5-7-16(15)17)25-12-11-23-21(25)29-22(3,4)20(28)24-13-19(26)27/h5-12,14H,13H2,1-4H3,(H,24,28)(H,26,27). The summed E-state index contributed by atoms with van der Waals surface area (Å²) in [5.74, 6) is -1.01. The zero-order valence-electron chi connectivity index (χ0n) is 17.0. The molecule has 0 saturated heterocycles. The zero-order chi connectivity index (χ0) is 21.2. The number of amides is 1. The smallest absolute Gasteiger partial charge is 0.322 e. The summed E-state index contributed by atoms with van der Waals surface area (Å²) in [5.41, 5.74) is 2.28. The number of carbonyl (C=O) groups excluding carboxylic acids is 1. The van der Waals surface area contributed by atoms with Gasteiger partial charge in [-0.2, -0.15) is 0 Å². The minimum absolute atomic E-state index is 0.348. The Kier molecular flexibility index (Phi) is 5.98. The van der Waals surface area contributed by atoms with Gasteiger partial charge in [0.1, 0.15) is 6.54 Å². The number of nitrogens with zero attached hydrogens (tertiary/aromatic N) is 2. The molecule has 0 aliphatic carbocycles. The maximum atomic E-state index is 12.4. The summed E-state index contributed by atoms with van der Waals surface area (Å²) in [5, 5.41) is 14.2. The lowest BCUT2D eigenvalue weighted by molar-refractivity contribution is -0.138. The number of imidazole rings is 1. The van der Waals surface area contributed by atoms with Gasteiger partial charge in [-0.1, -0.05) is 55.9 Å². The molecule has 152 valence electrons. The molecule has 3 aromatic rings. The summed E-state index contributed by atoms with van der Waals surface area (Å²) in [6.45, 7) is 7.47. The summed E-state index contributed by atoms with van der Waals surface area (Å²) in [4.78, 5) is 27.6. The lowest BCUT2D eigenvalue weighted by atomic mass is 9.95. The Morgan fingerprint density at radius 2 is 1.86 bits per heavy atom. The van der Waals surface area contributed by atoms with E-state index in [-0.39, 0.29) is 5.91 Å². The van der Waals surface area contributed by atoms with Crippen LogP contribution in [-0.2, 0) is 9.59 Å². The first-order chi connectivity index (χ1) is 13.7. The third-order valence-electron chi connectivity index (χ3n) is 4.72. The van der Waals surface area contributed by atoms with Gasteiger partial charge in [-0.25, -0.2) is 4.98 Å². The van der Waals surface area contributed by atoms with Crippen molar-refractivity contribution in [1.29, 1.82) is 0 Å². The molecule has 6 nitrogen and oxygen atoms in total.